The van der Waals surface area contributed by atoms with Crippen LogP contribution in [-0.2, 0) is 89.6 Å². The molecule has 22 nitrogen and oxygen atoms in total. The van der Waals surface area contributed by atoms with Crippen molar-refractivity contribution in [3.05, 3.63) is 106 Å². The SMILES string of the molecule is C=CC(=O)OCCOC(=O)CCC(=O)OCc1ccc(OC(=O)[C@H]2CC[C@H](C(=O)Oc3ccc(OC(=O)[C@H]4CC[C@H](C(=O)Oc5ccc(COC(=O)CCC(=O)OCCOC(=O)C=C)cc5C)CC4)c4c3SC(=C(C#N)C#N)S4)CC2)c(C)c1. The molecular weight excluding hydrogens is 1130 g/mol. The molecule has 0 amide bonds. The quantitative estimate of drug-likeness (QED) is 0.0181. The van der Waals surface area contributed by atoms with Gasteiger partial charge in [0.1, 0.15) is 80.4 Å². The normalized spacial score (nSPS) is 16.7. The Bertz CT molecular complexity index is 2950. The standard InChI is InChI=1S/C60H60N2O20S2/c1-5-48(63)73-25-27-75-50(65)21-23-52(67)77-33-37-7-17-44(35(3)29-37)79-56(69)39-9-13-41(14-10-39)58(71)81-46-19-20-47(55-54(46)83-60(84-55)43(31-61)32-62)82-59(72)42-15-11-40(12-16-42)57(70)80-45-18-8-38(30-36(45)4)34-78-53(68)24-22-51(66)76-28-26-74-49(64)6-2/h5-8,17-20,29-30,39-42H,1-2,9-16,21-28,33-34H2,3-4H3/t39-,40-,41-,42-. The molecule has 0 spiro atoms. The van der Waals surface area contributed by atoms with Crippen LogP contribution >= 0.6 is 23.5 Å². The first-order valence-electron chi connectivity index (χ1n) is 26.7. The summed E-state index contributed by atoms with van der Waals surface area (Å²) in [6, 6.07) is 16.6. The first-order valence-corrected chi connectivity index (χ1v) is 28.4. The Labute approximate surface area is 492 Å². The first-order chi connectivity index (χ1) is 40.4. The molecule has 84 heavy (non-hydrogen) atoms. The Hall–Kier alpha value is -8.74. The van der Waals surface area contributed by atoms with E-state index in [9.17, 15) is 58.5 Å². The Morgan fingerprint density at radius 1 is 0.464 bits per heavy atom. The number of hydrogen-bond acceptors (Lipinski definition) is 24. The smallest absolute Gasteiger partial charge is 0.330 e. The summed E-state index contributed by atoms with van der Waals surface area (Å²) in [5.41, 5.74) is 2.28. The molecule has 0 bridgehead atoms. The third-order valence-electron chi connectivity index (χ3n) is 13.3. The minimum absolute atomic E-state index is 0.0923. The van der Waals surface area contributed by atoms with Gasteiger partial charge in [-0.2, -0.15) is 10.5 Å². The summed E-state index contributed by atoms with van der Waals surface area (Å²) in [6.07, 6.45) is 3.70. The number of rotatable bonds is 26. The van der Waals surface area contributed by atoms with Crippen molar-refractivity contribution < 1.29 is 95.3 Å². The van der Waals surface area contributed by atoms with Crippen LogP contribution in [0.5, 0.6) is 23.0 Å². The van der Waals surface area contributed by atoms with Crippen molar-refractivity contribution in [3.8, 4) is 35.1 Å². The first kappa shape index (κ1) is 64.4. The van der Waals surface area contributed by atoms with E-state index in [1.807, 2.05) is 12.1 Å². The maximum absolute atomic E-state index is 13.7. The highest BCUT2D eigenvalue weighted by Crippen LogP contribution is 2.59. The average Bonchev–Trinajstić information content (AvgIpc) is 4.14. The molecule has 2 fully saturated rings. The van der Waals surface area contributed by atoms with Crippen LogP contribution in [0.3, 0.4) is 0 Å². The summed E-state index contributed by atoms with van der Waals surface area (Å²) in [6.45, 7) is 9.18. The molecule has 6 rings (SSSR count). The summed E-state index contributed by atoms with van der Waals surface area (Å²) in [7, 11) is 0. The maximum atomic E-state index is 13.7. The molecule has 2 aliphatic carbocycles. The Morgan fingerprint density at radius 3 is 1.07 bits per heavy atom. The van der Waals surface area contributed by atoms with Gasteiger partial charge in [-0.25, -0.2) is 9.59 Å². The maximum Gasteiger partial charge on any atom is 0.330 e. The Balaban J connectivity index is 0.935. The molecule has 3 aromatic rings. The number of carbonyl (C=O) groups excluding carboxylic acids is 10. The third kappa shape index (κ3) is 19.4. The molecule has 0 aromatic heterocycles. The Kier molecular flexibility index (Phi) is 24.7. The number of fused-ring (bicyclic) bond motifs is 1. The molecular formula is C60H60N2O20S2. The lowest BCUT2D eigenvalue weighted by Gasteiger charge is -2.26. The number of aryl methyl sites for hydroxylation is 2. The van der Waals surface area contributed by atoms with Crippen LogP contribution < -0.4 is 18.9 Å². The lowest BCUT2D eigenvalue weighted by Crippen LogP contribution is -2.30. The van der Waals surface area contributed by atoms with E-state index in [0.29, 0.717) is 99.1 Å². The summed E-state index contributed by atoms with van der Waals surface area (Å²) in [4.78, 5) is 125. The molecule has 2 saturated carbocycles. The molecule has 24 heteroatoms. The van der Waals surface area contributed by atoms with Gasteiger partial charge >= 0.3 is 59.7 Å². The van der Waals surface area contributed by atoms with Gasteiger partial charge in [0.25, 0.3) is 0 Å². The second-order valence-corrected chi connectivity index (χ2v) is 21.6. The van der Waals surface area contributed by atoms with Crippen molar-refractivity contribution >= 4 is 83.2 Å². The van der Waals surface area contributed by atoms with Gasteiger partial charge in [0.05, 0.1) is 63.4 Å². The zero-order chi connectivity index (χ0) is 60.7. The summed E-state index contributed by atoms with van der Waals surface area (Å²) in [5.74, 6) is -7.15. The largest absolute Gasteiger partial charge is 0.462 e. The lowest BCUT2D eigenvalue weighted by atomic mass is 9.82. The molecule has 0 atom stereocenters. The van der Waals surface area contributed by atoms with Gasteiger partial charge in [0.15, 0.2) is 0 Å². The van der Waals surface area contributed by atoms with Crippen molar-refractivity contribution in [3.63, 3.8) is 0 Å². The van der Waals surface area contributed by atoms with Crippen LogP contribution in [0.4, 0.5) is 0 Å². The molecule has 3 aromatic carbocycles. The van der Waals surface area contributed by atoms with Crippen LogP contribution in [0.1, 0.15) is 99.3 Å². The zero-order valence-corrected chi connectivity index (χ0v) is 47.7. The van der Waals surface area contributed by atoms with Crippen LogP contribution in [-0.4, -0.2) is 86.1 Å². The lowest BCUT2D eigenvalue weighted by molar-refractivity contribution is -0.153. The molecule has 1 heterocycles. The molecule has 0 unspecified atom stereocenters. The fourth-order valence-electron chi connectivity index (χ4n) is 8.77. The monoisotopic (exact) mass is 1190 g/mol. The van der Waals surface area contributed by atoms with Gasteiger partial charge in [-0.3, -0.25) is 38.4 Å². The van der Waals surface area contributed by atoms with Crippen molar-refractivity contribution in [1.82, 2.24) is 0 Å². The third-order valence-corrected chi connectivity index (χ3v) is 16.0. The summed E-state index contributed by atoms with van der Waals surface area (Å²) < 4.78 is 53.5. The van der Waals surface area contributed by atoms with Gasteiger partial charge in [-0.15, -0.1) is 0 Å². The number of carbonyl (C=O) groups is 10. The fourth-order valence-corrected chi connectivity index (χ4v) is 11.3. The van der Waals surface area contributed by atoms with E-state index in [1.165, 1.54) is 12.1 Å². The van der Waals surface area contributed by atoms with E-state index in [4.69, 9.17) is 47.4 Å². The van der Waals surface area contributed by atoms with Crippen molar-refractivity contribution in [1.29, 1.82) is 10.5 Å². The van der Waals surface area contributed by atoms with E-state index >= 15 is 0 Å². The van der Waals surface area contributed by atoms with Gasteiger partial charge in [0.2, 0.25) is 0 Å². The molecule has 0 N–H and O–H groups in total. The van der Waals surface area contributed by atoms with E-state index < -0.39 is 83.4 Å². The van der Waals surface area contributed by atoms with E-state index in [0.717, 1.165) is 35.7 Å². The number of hydrogen-bond donors (Lipinski definition) is 0. The molecule has 3 aliphatic rings. The van der Waals surface area contributed by atoms with Gasteiger partial charge in [-0.1, -0.05) is 48.8 Å². The molecule has 0 saturated heterocycles. The fraction of sp³-hybridized carbons (Fsp3) is 0.400. The highest BCUT2D eigenvalue weighted by molar-refractivity contribution is 8.24. The number of nitriles is 2. The van der Waals surface area contributed by atoms with E-state index in [-0.39, 0.29) is 82.4 Å². The van der Waals surface area contributed by atoms with Crippen molar-refractivity contribution in [2.75, 3.05) is 26.4 Å². The van der Waals surface area contributed by atoms with E-state index in [1.54, 1.807) is 50.2 Å². The van der Waals surface area contributed by atoms with Crippen molar-refractivity contribution in [2.45, 2.75) is 114 Å². The molecule has 0 radical (unpaired) electrons. The minimum Gasteiger partial charge on any atom is -0.462 e. The molecule has 1 aliphatic heterocycles. The number of esters is 10. The molecule has 442 valence electrons. The topological polar surface area (TPSA) is 311 Å². The predicted molar refractivity (Wildman–Crippen MR) is 294 cm³/mol. The van der Waals surface area contributed by atoms with Gasteiger partial charge < -0.3 is 47.4 Å². The summed E-state index contributed by atoms with van der Waals surface area (Å²) >= 11 is 2.08. The van der Waals surface area contributed by atoms with Crippen LogP contribution in [0.25, 0.3) is 0 Å². The van der Waals surface area contributed by atoms with Crippen LogP contribution in [0.2, 0.25) is 0 Å². The average molecular weight is 1190 g/mol. The highest BCUT2D eigenvalue weighted by atomic mass is 32.2. The number of allylic oxidation sites excluding steroid dienone is 1. The summed E-state index contributed by atoms with van der Waals surface area (Å²) in [5, 5.41) is 19.4. The van der Waals surface area contributed by atoms with Crippen molar-refractivity contribution in [2.24, 2.45) is 23.7 Å². The number of nitrogens with zero attached hydrogens (tertiary/aromatic N) is 2. The van der Waals surface area contributed by atoms with Crippen LogP contribution in [0, 0.1) is 60.2 Å². The predicted octanol–water partition coefficient (Wildman–Crippen LogP) is 8.59. The second-order valence-electron chi connectivity index (χ2n) is 19.3. The minimum atomic E-state index is -0.659. The number of benzene rings is 3. The number of ether oxygens (including phenoxy) is 10. The zero-order valence-electron chi connectivity index (χ0n) is 46.1. The Morgan fingerprint density at radius 2 is 0.762 bits per heavy atom. The number of thioether (sulfide) groups is 2. The van der Waals surface area contributed by atoms with E-state index in [2.05, 4.69) is 13.2 Å². The van der Waals surface area contributed by atoms with Gasteiger partial charge in [0, 0.05) is 12.2 Å². The highest BCUT2D eigenvalue weighted by Gasteiger charge is 2.37. The van der Waals surface area contributed by atoms with Crippen LogP contribution in [0.15, 0.2) is 93.4 Å². The second kappa shape index (κ2) is 32.2. The van der Waals surface area contributed by atoms with Gasteiger partial charge in [-0.05, 0) is 124 Å².